The molecule has 5 heteroatoms. The highest BCUT2D eigenvalue weighted by Crippen LogP contribution is 2.34. The van der Waals surface area contributed by atoms with Gasteiger partial charge in [-0.2, -0.15) is 11.8 Å². The maximum absolute atomic E-state index is 12.3. The third-order valence-electron chi connectivity index (χ3n) is 5.88. The lowest BCUT2D eigenvalue weighted by molar-refractivity contribution is -0.122. The minimum atomic E-state index is 0.241. The number of carbonyl (C=O) groups is 1. The number of thioether (sulfide) groups is 1. The molecule has 2 saturated heterocycles. The molecule has 0 radical (unpaired) electrons. The van der Waals surface area contributed by atoms with Crippen molar-refractivity contribution < 1.29 is 9.53 Å². The normalized spacial score (nSPS) is 28.6. The highest BCUT2D eigenvalue weighted by atomic mass is 32.2. The molecular weight excluding hydrogens is 308 g/mol. The van der Waals surface area contributed by atoms with Crippen molar-refractivity contribution in [3.63, 3.8) is 0 Å². The summed E-state index contributed by atoms with van der Waals surface area (Å²) < 4.78 is 5.40. The van der Waals surface area contributed by atoms with Crippen molar-refractivity contribution in [1.82, 2.24) is 10.2 Å². The van der Waals surface area contributed by atoms with Gasteiger partial charge >= 0.3 is 0 Å². The molecule has 1 N–H and O–H groups in total. The number of ether oxygens (including phenoxy) is 1. The van der Waals surface area contributed by atoms with Crippen LogP contribution in [-0.4, -0.2) is 60.7 Å². The Labute approximate surface area is 145 Å². The minimum Gasteiger partial charge on any atom is -0.381 e. The van der Waals surface area contributed by atoms with Crippen LogP contribution in [0.2, 0.25) is 0 Å². The van der Waals surface area contributed by atoms with Gasteiger partial charge in [-0.3, -0.25) is 9.69 Å². The molecule has 132 valence electrons. The van der Waals surface area contributed by atoms with Gasteiger partial charge in [0.05, 0.1) is 0 Å². The molecule has 3 fully saturated rings. The van der Waals surface area contributed by atoms with Gasteiger partial charge in [-0.15, -0.1) is 0 Å². The molecule has 0 aromatic rings. The highest BCUT2D eigenvalue weighted by molar-refractivity contribution is 7.99. The van der Waals surface area contributed by atoms with Gasteiger partial charge in [0.1, 0.15) is 0 Å². The summed E-state index contributed by atoms with van der Waals surface area (Å²) in [5, 5.41) is 3.29. The van der Waals surface area contributed by atoms with Gasteiger partial charge in [0.15, 0.2) is 0 Å². The number of hydrogen-bond acceptors (Lipinski definition) is 4. The van der Waals surface area contributed by atoms with E-state index in [-0.39, 0.29) is 11.4 Å². The van der Waals surface area contributed by atoms with E-state index in [4.69, 9.17) is 4.74 Å². The molecule has 1 atom stereocenters. The fourth-order valence-electron chi connectivity index (χ4n) is 4.35. The summed E-state index contributed by atoms with van der Waals surface area (Å²) in [6.45, 7) is 4.97. The van der Waals surface area contributed by atoms with Crippen molar-refractivity contribution in [3.05, 3.63) is 0 Å². The van der Waals surface area contributed by atoms with Crippen molar-refractivity contribution in [1.29, 1.82) is 0 Å². The van der Waals surface area contributed by atoms with Gasteiger partial charge in [-0.1, -0.05) is 19.3 Å². The Bertz CT molecular complexity index is 373. The zero-order chi connectivity index (χ0) is 16.0. The van der Waals surface area contributed by atoms with Crippen LogP contribution in [0, 0.1) is 5.92 Å². The highest BCUT2D eigenvalue weighted by Gasteiger charge is 2.38. The maximum atomic E-state index is 12.3. The summed E-state index contributed by atoms with van der Waals surface area (Å²) in [6, 6.07) is 0. The Morgan fingerprint density at radius 2 is 2.00 bits per heavy atom. The third-order valence-corrected chi connectivity index (χ3v) is 6.83. The van der Waals surface area contributed by atoms with E-state index in [1.165, 1.54) is 56.7 Å². The first-order chi connectivity index (χ1) is 11.3. The Kier molecular flexibility index (Phi) is 6.66. The summed E-state index contributed by atoms with van der Waals surface area (Å²) in [7, 11) is 0. The second-order valence-electron chi connectivity index (χ2n) is 7.43. The van der Waals surface area contributed by atoms with E-state index in [9.17, 15) is 4.79 Å². The molecule has 0 aromatic heterocycles. The zero-order valence-electron chi connectivity index (χ0n) is 14.4. The van der Waals surface area contributed by atoms with E-state index < -0.39 is 0 Å². The Morgan fingerprint density at radius 3 is 2.70 bits per heavy atom. The minimum absolute atomic E-state index is 0.241. The molecule has 1 aliphatic carbocycles. The molecule has 3 aliphatic rings. The van der Waals surface area contributed by atoms with Gasteiger partial charge in [-0.25, -0.2) is 0 Å². The third kappa shape index (κ3) is 4.86. The zero-order valence-corrected chi connectivity index (χ0v) is 15.2. The van der Waals surface area contributed by atoms with Crippen molar-refractivity contribution in [3.8, 4) is 0 Å². The standard InChI is InChI=1S/C18H32N2O2S/c21-17(5-4-16-6-11-22-14-16)19-15-18(7-2-1-3-8-18)20-9-12-23-13-10-20/h16H,1-15H2,(H,19,21)/t16-/m1/s1. The molecule has 2 aliphatic heterocycles. The first kappa shape index (κ1) is 17.6. The second kappa shape index (κ2) is 8.72. The average Bonchev–Trinajstić information content (AvgIpc) is 3.13. The molecule has 1 amide bonds. The molecular formula is C18H32N2O2S. The molecule has 23 heavy (non-hydrogen) atoms. The first-order valence-corrected chi connectivity index (χ1v) is 10.6. The summed E-state index contributed by atoms with van der Waals surface area (Å²) >= 11 is 2.07. The fraction of sp³-hybridized carbons (Fsp3) is 0.944. The van der Waals surface area contributed by atoms with Gasteiger partial charge < -0.3 is 10.1 Å². The lowest BCUT2D eigenvalue weighted by atomic mass is 9.80. The van der Waals surface area contributed by atoms with Crippen molar-refractivity contribution >= 4 is 17.7 Å². The van der Waals surface area contributed by atoms with Gasteiger partial charge in [0, 0.05) is 56.3 Å². The van der Waals surface area contributed by atoms with E-state index in [2.05, 4.69) is 22.0 Å². The fourth-order valence-corrected chi connectivity index (χ4v) is 5.25. The van der Waals surface area contributed by atoms with Crippen LogP contribution < -0.4 is 5.32 Å². The Hall–Kier alpha value is -0.260. The largest absolute Gasteiger partial charge is 0.381 e. The Morgan fingerprint density at radius 1 is 1.22 bits per heavy atom. The van der Waals surface area contributed by atoms with Gasteiger partial charge in [0.2, 0.25) is 5.91 Å². The molecule has 0 aromatic carbocycles. The van der Waals surface area contributed by atoms with Crippen LogP contribution in [0.3, 0.4) is 0 Å². The van der Waals surface area contributed by atoms with E-state index >= 15 is 0 Å². The number of carbonyl (C=O) groups excluding carboxylic acids is 1. The lowest BCUT2D eigenvalue weighted by Crippen LogP contribution is -2.58. The van der Waals surface area contributed by atoms with Crippen molar-refractivity contribution in [2.45, 2.75) is 56.9 Å². The maximum Gasteiger partial charge on any atom is 0.220 e. The monoisotopic (exact) mass is 340 g/mol. The molecule has 0 spiro atoms. The number of nitrogens with one attached hydrogen (secondary N) is 1. The van der Waals surface area contributed by atoms with Crippen molar-refractivity contribution in [2.75, 3.05) is 44.4 Å². The van der Waals surface area contributed by atoms with Gasteiger partial charge in [0.25, 0.3) is 0 Å². The number of amides is 1. The molecule has 0 unspecified atom stereocenters. The smallest absolute Gasteiger partial charge is 0.220 e. The molecule has 4 nitrogen and oxygen atoms in total. The van der Waals surface area contributed by atoms with E-state index in [1.54, 1.807) is 0 Å². The summed E-state index contributed by atoms with van der Waals surface area (Å²) in [4.78, 5) is 15.0. The first-order valence-electron chi connectivity index (χ1n) is 9.46. The predicted octanol–water partition coefficient (Wildman–Crippen LogP) is 2.67. The van der Waals surface area contributed by atoms with Crippen LogP contribution in [0.4, 0.5) is 0 Å². The number of nitrogens with zero attached hydrogens (tertiary/aromatic N) is 1. The van der Waals surface area contributed by atoms with Gasteiger partial charge in [-0.05, 0) is 31.6 Å². The predicted molar refractivity (Wildman–Crippen MR) is 95.9 cm³/mol. The topological polar surface area (TPSA) is 41.6 Å². The summed E-state index contributed by atoms with van der Waals surface area (Å²) in [5.41, 5.74) is 0.241. The molecule has 1 saturated carbocycles. The SMILES string of the molecule is O=C(CC[C@@H]1CCOC1)NCC1(N2CCSCC2)CCCCC1. The quantitative estimate of drug-likeness (QED) is 0.807. The van der Waals surface area contributed by atoms with Crippen LogP contribution in [-0.2, 0) is 9.53 Å². The molecule has 3 rings (SSSR count). The molecule has 2 heterocycles. The molecule has 0 bridgehead atoms. The van der Waals surface area contributed by atoms with Crippen LogP contribution >= 0.6 is 11.8 Å². The number of hydrogen-bond donors (Lipinski definition) is 1. The summed E-state index contributed by atoms with van der Waals surface area (Å²) in [5.74, 6) is 3.34. The van der Waals surface area contributed by atoms with E-state index in [1.807, 2.05) is 0 Å². The van der Waals surface area contributed by atoms with E-state index in [0.717, 1.165) is 32.6 Å². The van der Waals surface area contributed by atoms with Crippen molar-refractivity contribution in [2.24, 2.45) is 5.92 Å². The van der Waals surface area contributed by atoms with Crippen LogP contribution in [0.25, 0.3) is 0 Å². The van der Waals surface area contributed by atoms with E-state index in [0.29, 0.717) is 12.3 Å². The van der Waals surface area contributed by atoms with Crippen LogP contribution in [0.1, 0.15) is 51.4 Å². The lowest BCUT2D eigenvalue weighted by Gasteiger charge is -2.48. The number of rotatable bonds is 6. The van der Waals surface area contributed by atoms with Crippen LogP contribution in [0.5, 0.6) is 0 Å². The van der Waals surface area contributed by atoms with Crippen LogP contribution in [0.15, 0.2) is 0 Å². The average molecular weight is 341 g/mol. The summed E-state index contributed by atoms with van der Waals surface area (Å²) in [6.07, 6.45) is 9.29. The Balaban J connectivity index is 1.48. The second-order valence-corrected chi connectivity index (χ2v) is 8.65.